The van der Waals surface area contributed by atoms with Gasteiger partial charge >= 0.3 is 0 Å². The average Bonchev–Trinajstić information content (AvgIpc) is 2.77. The molecule has 2 atom stereocenters. The van der Waals surface area contributed by atoms with Crippen LogP contribution in [-0.4, -0.2) is 29.2 Å². The Bertz CT molecular complexity index is 388. The monoisotopic (exact) mass is 256 g/mol. The lowest BCUT2D eigenvalue weighted by Gasteiger charge is -2.17. The Balaban J connectivity index is 1.95. The predicted octanol–water partition coefficient (Wildman–Crippen LogP) is 1.94. The number of nitrogens with one attached hydrogen (secondary N) is 1. The van der Waals surface area contributed by atoms with Gasteiger partial charge < -0.3 is 15.8 Å². The van der Waals surface area contributed by atoms with E-state index < -0.39 is 0 Å². The molecule has 0 saturated carbocycles. The highest BCUT2D eigenvalue weighted by Crippen LogP contribution is 2.25. The molecule has 5 nitrogen and oxygen atoms in total. The molecular formula is C11H17ClN4O. The molecule has 0 bridgehead atoms. The Morgan fingerprint density at radius 2 is 2.47 bits per heavy atom. The van der Waals surface area contributed by atoms with Crippen LogP contribution in [0, 0.1) is 5.92 Å². The summed E-state index contributed by atoms with van der Waals surface area (Å²) in [5.41, 5.74) is 5.52. The SMILES string of the molecule is CCC1OCCC1CNc1nc(N)ncc1Cl. The highest BCUT2D eigenvalue weighted by Gasteiger charge is 2.26. The van der Waals surface area contributed by atoms with Crippen molar-refractivity contribution in [2.75, 3.05) is 24.2 Å². The summed E-state index contributed by atoms with van der Waals surface area (Å²) in [5.74, 6) is 1.33. The van der Waals surface area contributed by atoms with Crippen LogP contribution in [0.3, 0.4) is 0 Å². The summed E-state index contributed by atoms with van der Waals surface area (Å²) >= 11 is 5.98. The molecule has 1 aromatic rings. The normalized spacial score (nSPS) is 23.9. The molecule has 17 heavy (non-hydrogen) atoms. The minimum absolute atomic E-state index is 0.228. The number of anilines is 2. The van der Waals surface area contributed by atoms with Gasteiger partial charge in [0.15, 0.2) is 0 Å². The van der Waals surface area contributed by atoms with E-state index in [1.165, 1.54) is 6.20 Å². The maximum absolute atomic E-state index is 5.98. The number of nitrogens with zero attached hydrogens (tertiary/aromatic N) is 2. The molecule has 0 spiro atoms. The van der Waals surface area contributed by atoms with Crippen molar-refractivity contribution in [2.24, 2.45) is 5.92 Å². The highest BCUT2D eigenvalue weighted by atomic mass is 35.5. The van der Waals surface area contributed by atoms with Crippen molar-refractivity contribution in [3.8, 4) is 0 Å². The Hall–Kier alpha value is -1.07. The van der Waals surface area contributed by atoms with E-state index in [-0.39, 0.29) is 5.95 Å². The van der Waals surface area contributed by atoms with Gasteiger partial charge in [0, 0.05) is 19.1 Å². The van der Waals surface area contributed by atoms with E-state index in [0.717, 1.165) is 26.0 Å². The van der Waals surface area contributed by atoms with Gasteiger partial charge in [-0.25, -0.2) is 4.98 Å². The smallest absolute Gasteiger partial charge is 0.222 e. The summed E-state index contributed by atoms with van der Waals surface area (Å²) in [5, 5.41) is 3.71. The Morgan fingerprint density at radius 3 is 3.24 bits per heavy atom. The van der Waals surface area contributed by atoms with Gasteiger partial charge in [-0.3, -0.25) is 0 Å². The van der Waals surface area contributed by atoms with E-state index in [9.17, 15) is 0 Å². The second kappa shape index (κ2) is 5.51. The number of hydrogen-bond donors (Lipinski definition) is 2. The van der Waals surface area contributed by atoms with Crippen LogP contribution in [0.4, 0.5) is 11.8 Å². The average molecular weight is 257 g/mol. The first kappa shape index (κ1) is 12.4. The van der Waals surface area contributed by atoms with Crippen molar-refractivity contribution in [1.29, 1.82) is 0 Å². The molecule has 6 heteroatoms. The molecule has 1 aliphatic heterocycles. The summed E-state index contributed by atoms with van der Waals surface area (Å²) in [6.07, 6.45) is 3.95. The molecule has 0 radical (unpaired) electrons. The quantitative estimate of drug-likeness (QED) is 0.861. The summed E-state index contributed by atoms with van der Waals surface area (Å²) in [6, 6.07) is 0. The molecular weight excluding hydrogens is 240 g/mol. The zero-order valence-corrected chi connectivity index (χ0v) is 10.6. The van der Waals surface area contributed by atoms with E-state index in [0.29, 0.717) is 22.9 Å². The molecule has 1 fully saturated rings. The number of hydrogen-bond acceptors (Lipinski definition) is 5. The summed E-state index contributed by atoms with van der Waals surface area (Å²) in [4.78, 5) is 7.89. The second-order valence-electron chi connectivity index (χ2n) is 4.17. The molecule has 1 aliphatic rings. The van der Waals surface area contributed by atoms with Gasteiger partial charge in [0.1, 0.15) is 10.8 Å². The molecule has 2 heterocycles. The summed E-state index contributed by atoms with van der Waals surface area (Å²) < 4.78 is 5.63. The zero-order chi connectivity index (χ0) is 12.3. The summed E-state index contributed by atoms with van der Waals surface area (Å²) in [7, 11) is 0. The van der Waals surface area contributed by atoms with E-state index in [2.05, 4.69) is 22.2 Å². The third-order valence-corrected chi connectivity index (χ3v) is 3.32. The molecule has 2 unspecified atom stereocenters. The van der Waals surface area contributed by atoms with Crippen LogP contribution in [0.1, 0.15) is 19.8 Å². The van der Waals surface area contributed by atoms with Crippen molar-refractivity contribution in [3.63, 3.8) is 0 Å². The van der Waals surface area contributed by atoms with Gasteiger partial charge in [0.25, 0.3) is 0 Å². The van der Waals surface area contributed by atoms with Crippen LogP contribution in [-0.2, 0) is 4.74 Å². The van der Waals surface area contributed by atoms with Gasteiger partial charge in [-0.1, -0.05) is 18.5 Å². The fourth-order valence-corrected chi connectivity index (χ4v) is 2.27. The van der Waals surface area contributed by atoms with Crippen LogP contribution in [0.2, 0.25) is 5.02 Å². The topological polar surface area (TPSA) is 73.1 Å². The molecule has 0 aromatic carbocycles. The third-order valence-electron chi connectivity index (χ3n) is 3.04. The van der Waals surface area contributed by atoms with E-state index in [1.807, 2.05) is 0 Å². The lowest BCUT2D eigenvalue weighted by molar-refractivity contribution is 0.0900. The summed E-state index contributed by atoms with van der Waals surface area (Å²) in [6.45, 7) is 3.78. The molecule has 0 aliphatic carbocycles. The highest BCUT2D eigenvalue weighted by molar-refractivity contribution is 6.32. The number of nitrogen functional groups attached to an aromatic ring is 1. The van der Waals surface area contributed by atoms with Gasteiger partial charge in [0.2, 0.25) is 5.95 Å². The Labute approximate surface area is 106 Å². The van der Waals surface area contributed by atoms with Crippen LogP contribution < -0.4 is 11.1 Å². The first-order valence-corrected chi connectivity index (χ1v) is 6.22. The molecule has 2 rings (SSSR count). The molecule has 3 N–H and O–H groups in total. The number of rotatable bonds is 4. The van der Waals surface area contributed by atoms with Gasteiger partial charge in [-0.2, -0.15) is 4.98 Å². The maximum atomic E-state index is 5.98. The molecule has 0 amide bonds. The van der Waals surface area contributed by atoms with Crippen molar-refractivity contribution < 1.29 is 4.74 Å². The van der Waals surface area contributed by atoms with Gasteiger partial charge in [-0.05, 0) is 12.8 Å². The van der Waals surface area contributed by atoms with Crippen molar-refractivity contribution in [2.45, 2.75) is 25.9 Å². The number of ether oxygens (including phenoxy) is 1. The largest absolute Gasteiger partial charge is 0.378 e. The van der Waals surface area contributed by atoms with E-state index in [4.69, 9.17) is 22.1 Å². The predicted molar refractivity (Wildman–Crippen MR) is 68.1 cm³/mol. The van der Waals surface area contributed by atoms with Crippen LogP contribution in [0.15, 0.2) is 6.20 Å². The fraction of sp³-hybridized carbons (Fsp3) is 0.636. The zero-order valence-electron chi connectivity index (χ0n) is 9.82. The lowest BCUT2D eigenvalue weighted by Crippen LogP contribution is -2.23. The van der Waals surface area contributed by atoms with E-state index >= 15 is 0 Å². The fourth-order valence-electron chi connectivity index (χ4n) is 2.11. The van der Waals surface area contributed by atoms with Crippen molar-refractivity contribution >= 4 is 23.4 Å². The van der Waals surface area contributed by atoms with Gasteiger partial charge in [-0.15, -0.1) is 0 Å². The standard InChI is InChI=1S/C11H17ClN4O/c1-2-9-7(3-4-17-9)5-14-10-8(12)6-15-11(13)16-10/h6-7,9H,2-5H2,1H3,(H3,13,14,15,16). The first-order valence-electron chi connectivity index (χ1n) is 5.84. The molecule has 94 valence electrons. The number of nitrogens with two attached hydrogens (primary N) is 1. The maximum Gasteiger partial charge on any atom is 0.222 e. The number of aromatic nitrogens is 2. The Kier molecular flexibility index (Phi) is 4.02. The second-order valence-corrected chi connectivity index (χ2v) is 4.58. The van der Waals surface area contributed by atoms with Crippen LogP contribution in [0.25, 0.3) is 0 Å². The van der Waals surface area contributed by atoms with Crippen LogP contribution in [0.5, 0.6) is 0 Å². The van der Waals surface area contributed by atoms with Crippen molar-refractivity contribution in [3.05, 3.63) is 11.2 Å². The minimum atomic E-state index is 0.228. The Morgan fingerprint density at radius 1 is 1.65 bits per heavy atom. The minimum Gasteiger partial charge on any atom is -0.378 e. The lowest BCUT2D eigenvalue weighted by atomic mass is 10.00. The first-order chi connectivity index (χ1) is 8.20. The number of halogens is 1. The molecule has 1 saturated heterocycles. The molecule has 1 aromatic heterocycles. The van der Waals surface area contributed by atoms with Gasteiger partial charge in [0.05, 0.1) is 12.3 Å². The van der Waals surface area contributed by atoms with E-state index in [1.54, 1.807) is 0 Å². The third kappa shape index (κ3) is 2.98. The van der Waals surface area contributed by atoms with Crippen LogP contribution >= 0.6 is 11.6 Å². The van der Waals surface area contributed by atoms with Crippen molar-refractivity contribution in [1.82, 2.24) is 9.97 Å².